The van der Waals surface area contributed by atoms with E-state index in [0.29, 0.717) is 13.2 Å². The van der Waals surface area contributed by atoms with Gasteiger partial charge < -0.3 is 15.0 Å². The first-order chi connectivity index (χ1) is 10.8. The smallest absolute Gasteiger partial charge is 0.253 e. The maximum Gasteiger partial charge on any atom is 0.253 e. The summed E-state index contributed by atoms with van der Waals surface area (Å²) in [6, 6.07) is 10.4. The third kappa shape index (κ3) is 4.06. The zero-order valence-electron chi connectivity index (χ0n) is 13.0. The summed E-state index contributed by atoms with van der Waals surface area (Å²) in [4.78, 5) is 16.9. The first kappa shape index (κ1) is 15.5. The lowest BCUT2D eigenvalue weighted by atomic mass is 10.1. The van der Waals surface area contributed by atoms with E-state index in [-0.39, 0.29) is 12.0 Å². The minimum absolute atomic E-state index is 0.154. The number of hydrogen-bond donors (Lipinski definition) is 1. The largest absolute Gasteiger partial charge is 0.366 e. The van der Waals surface area contributed by atoms with Gasteiger partial charge in [0.05, 0.1) is 6.61 Å². The van der Waals surface area contributed by atoms with Crippen molar-refractivity contribution < 1.29 is 9.53 Å². The molecule has 0 saturated carbocycles. The van der Waals surface area contributed by atoms with Crippen molar-refractivity contribution in [2.45, 2.75) is 19.1 Å². The maximum atomic E-state index is 12.7. The number of rotatable bonds is 3. The fourth-order valence-corrected chi connectivity index (χ4v) is 3.11. The summed E-state index contributed by atoms with van der Waals surface area (Å²) in [5.41, 5.74) is 1.29. The first-order valence-corrected chi connectivity index (χ1v) is 8.20. The highest BCUT2D eigenvalue weighted by Crippen LogP contribution is 2.13. The van der Waals surface area contributed by atoms with Gasteiger partial charge in [0, 0.05) is 39.3 Å². The lowest BCUT2D eigenvalue weighted by Gasteiger charge is -2.34. The van der Waals surface area contributed by atoms with E-state index in [2.05, 4.69) is 34.5 Å². The van der Waals surface area contributed by atoms with Gasteiger partial charge in [-0.15, -0.1) is 0 Å². The Kier molecular flexibility index (Phi) is 5.43. The SMILES string of the molecule is O=C(C1CN(Cc2ccccc2)CCO1)N1CCCNCC1. The van der Waals surface area contributed by atoms with Crippen LogP contribution in [-0.2, 0) is 16.1 Å². The van der Waals surface area contributed by atoms with Crippen molar-refractivity contribution in [1.29, 1.82) is 0 Å². The number of hydrogen-bond acceptors (Lipinski definition) is 4. The van der Waals surface area contributed by atoms with Crippen molar-refractivity contribution in [2.75, 3.05) is 45.9 Å². The molecule has 3 rings (SSSR count). The second-order valence-corrected chi connectivity index (χ2v) is 6.01. The van der Waals surface area contributed by atoms with Crippen LogP contribution in [0.1, 0.15) is 12.0 Å². The van der Waals surface area contributed by atoms with Crippen LogP contribution in [-0.4, -0.2) is 67.7 Å². The number of nitrogens with zero attached hydrogens (tertiary/aromatic N) is 2. The summed E-state index contributed by atoms with van der Waals surface area (Å²) < 4.78 is 5.75. The number of carbonyl (C=O) groups excluding carboxylic acids is 1. The van der Waals surface area contributed by atoms with E-state index in [1.54, 1.807) is 0 Å². The van der Waals surface area contributed by atoms with Gasteiger partial charge in [-0.25, -0.2) is 0 Å². The zero-order valence-corrected chi connectivity index (χ0v) is 13.0. The number of ether oxygens (including phenoxy) is 1. The molecule has 5 nitrogen and oxygen atoms in total. The summed E-state index contributed by atoms with van der Waals surface area (Å²) in [6.07, 6.45) is 0.710. The minimum Gasteiger partial charge on any atom is -0.366 e. The van der Waals surface area contributed by atoms with Crippen molar-refractivity contribution >= 4 is 5.91 Å². The van der Waals surface area contributed by atoms with E-state index >= 15 is 0 Å². The fourth-order valence-electron chi connectivity index (χ4n) is 3.11. The number of carbonyl (C=O) groups is 1. The van der Waals surface area contributed by atoms with Gasteiger partial charge in [-0.2, -0.15) is 0 Å². The molecule has 1 aromatic carbocycles. The van der Waals surface area contributed by atoms with E-state index in [9.17, 15) is 4.79 Å². The Labute approximate surface area is 132 Å². The molecular weight excluding hydrogens is 278 g/mol. The second-order valence-electron chi connectivity index (χ2n) is 6.01. The lowest BCUT2D eigenvalue weighted by Crippen LogP contribution is -2.51. The molecule has 2 aliphatic rings. The van der Waals surface area contributed by atoms with Crippen LogP contribution in [0, 0.1) is 0 Å². The Morgan fingerprint density at radius 2 is 2.05 bits per heavy atom. The zero-order chi connectivity index (χ0) is 15.2. The molecule has 22 heavy (non-hydrogen) atoms. The highest BCUT2D eigenvalue weighted by molar-refractivity contribution is 5.81. The Balaban J connectivity index is 1.56. The van der Waals surface area contributed by atoms with Gasteiger partial charge in [0.1, 0.15) is 6.10 Å². The van der Waals surface area contributed by atoms with Crippen molar-refractivity contribution in [1.82, 2.24) is 15.1 Å². The molecule has 1 unspecified atom stereocenters. The Hall–Kier alpha value is -1.43. The van der Waals surface area contributed by atoms with Gasteiger partial charge in [0.15, 0.2) is 0 Å². The van der Waals surface area contributed by atoms with E-state index < -0.39 is 0 Å². The number of amides is 1. The number of benzene rings is 1. The van der Waals surface area contributed by atoms with Crippen molar-refractivity contribution in [3.63, 3.8) is 0 Å². The lowest BCUT2D eigenvalue weighted by molar-refractivity contribution is -0.149. The summed E-state index contributed by atoms with van der Waals surface area (Å²) in [5.74, 6) is 0.154. The Morgan fingerprint density at radius 3 is 2.91 bits per heavy atom. The monoisotopic (exact) mass is 303 g/mol. The van der Waals surface area contributed by atoms with Gasteiger partial charge in [-0.3, -0.25) is 9.69 Å². The molecule has 0 spiro atoms. The van der Waals surface area contributed by atoms with Crippen LogP contribution in [0.3, 0.4) is 0 Å². The second kappa shape index (κ2) is 7.72. The number of morpholine rings is 1. The van der Waals surface area contributed by atoms with Crippen LogP contribution < -0.4 is 5.32 Å². The Bertz CT molecular complexity index is 472. The summed E-state index contributed by atoms with van der Waals surface area (Å²) >= 11 is 0. The molecule has 2 saturated heterocycles. The third-order valence-corrected chi connectivity index (χ3v) is 4.33. The number of nitrogens with one attached hydrogen (secondary N) is 1. The van der Waals surface area contributed by atoms with Crippen LogP contribution in [0.2, 0.25) is 0 Å². The van der Waals surface area contributed by atoms with Crippen molar-refractivity contribution in [3.05, 3.63) is 35.9 Å². The molecule has 5 heteroatoms. The molecule has 0 radical (unpaired) electrons. The minimum atomic E-state index is -0.310. The maximum absolute atomic E-state index is 12.7. The van der Waals surface area contributed by atoms with E-state index in [1.165, 1.54) is 5.56 Å². The van der Waals surface area contributed by atoms with Gasteiger partial charge in [0.2, 0.25) is 0 Å². The molecule has 0 aromatic heterocycles. The highest BCUT2D eigenvalue weighted by Gasteiger charge is 2.30. The molecule has 1 atom stereocenters. The van der Waals surface area contributed by atoms with Crippen LogP contribution in [0.25, 0.3) is 0 Å². The van der Waals surface area contributed by atoms with Gasteiger partial charge in [-0.05, 0) is 18.5 Å². The van der Waals surface area contributed by atoms with E-state index in [4.69, 9.17) is 4.74 Å². The van der Waals surface area contributed by atoms with Crippen LogP contribution in [0.5, 0.6) is 0 Å². The topological polar surface area (TPSA) is 44.8 Å². The third-order valence-electron chi connectivity index (χ3n) is 4.33. The van der Waals surface area contributed by atoms with Crippen LogP contribution in [0.4, 0.5) is 0 Å². The highest BCUT2D eigenvalue weighted by atomic mass is 16.5. The predicted octanol–water partition coefficient (Wildman–Crippen LogP) is 0.709. The van der Waals surface area contributed by atoms with E-state index in [1.807, 2.05) is 11.0 Å². The molecular formula is C17H25N3O2. The summed E-state index contributed by atoms with van der Waals surface area (Å²) in [6.45, 7) is 6.60. The van der Waals surface area contributed by atoms with Crippen molar-refractivity contribution in [2.24, 2.45) is 0 Å². The molecule has 1 N–H and O–H groups in total. The fraction of sp³-hybridized carbons (Fsp3) is 0.588. The Morgan fingerprint density at radius 1 is 1.18 bits per heavy atom. The molecule has 120 valence electrons. The van der Waals surface area contributed by atoms with Crippen LogP contribution >= 0.6 is 0 Å². The summed E-state index contributed by atoms with van der Waals surface area (Å²) in [7, 11) is 0. The molecule has 0 bridgehead atoms. The molecule has 1 aromatic rings. The summed E-state index contributed by atoms with van der Waals surface area (Å²) in [5, 5.41) is 3.33. The molecule has 1 amide bonds. The van der Waals surface area contributed by atoms with Gasteiger partial charge >= 0.3 is 0 Å². The van der Waals surface area contributed by atoms with Gasteiger partial charge in [-0.1, -0.05) is 30.3 Å². The van der Waals surface area contributed by atoms with Crippen LogP contribution in [0.15, 0.2) is 30.3 Å². The molecule has 0 aliphatic carbocycles. The quantitative estimate of drug-likeness (QED) is 0.893. The van der Waals surface area contributed by atoms with Gasteiger partial charge in [0.25, 0.3) is 5.91 Å². The predicted molar refractivity (Wildman–Crippen MR) is 85.5 cm³/mol. The average molecular weight is 303 g/mol. The first-order valence-electron chi connectivity index (χ1n) is 8.20. The van der Waals surface area contributed by atoms with Crippen molar-refractivity contribution in [3.8, 4) is 0 Å². The normalized spacial score (nSPS) is 24.0. The standard InChI is InChI=1S/C17H25N3O2/c21-17(20-9-4-7-18-8-10-20)16-14-19(11-12-22-16)13-15-5-2-1-3-6-15/h1-3,5-6,16,18H,4,7-14H2. The molecule has 2 aliphatic heterocycles. The molecule has 2 heterocycles. The molecule has 2 fully saturated rings. The average Bonchev–Trinajstić information content (AvgIpc) is 2.85. The van der Waals surface area contributed by atoms with E-state index in [0.717, 1.165) is 45.7 Å².